The summed E-state index contributed by atoms with van der Waals surface area (Å²) in [5, 5.41) is 0. The zero-order valence-electron chi connectivity index (χ0n) is 11.0. The van der Waals surface area contributed by atoms with Gasteiger partial charge in [-0.05, 0) is 23.8 Å². The summed E-state index contributed by atoms with van der Waals surface area (Å²) in [4.78, 5) is 11.4. The zero-order chi connectivity index (χ0) is 14.9. The van der Waals surface area contributed by atoms with Crippen molar-refractivity contribution < 1.29 is 17.6 Å². The van der Waals surface area contributed by atoms with Gasteiger partial charge in [-0.25, -0.2) is 12.7 Å². The van der Waals surface area contributed by atoms with Gasteiger partial charge in [0.05, 0.1) is 11.2 Å². The van der Waals surface area contributed by atoms with Crippen LogP contribution in [0.2, 0.25) is 0 Å². The molecule has 20 heavy (non-hydrogen) atoms. The third-order valence-electron chi connectivity index (χ3n) is 2.81. The third kappa shape index (κ3) is 2.45. The molecule has 1 aromatic carbocycles. The number of hydrogen-bond donors (Lipinski definition) is 1. The van der Waals surface area contributed by atoms with Gasteiger partial charge in [-0.15, -0.1) is 0 Å². The molecule has 0 aliphatic heterocycles. The summed E-state index contributed by atoms with van der Waals surface area (Å²) in [6.45, 7) is 0. The lowest BCUT2D eigenvalue weighted by molar-refractivity contribution is 0.0975. The molecule has 0 unspecified atom stereocenters. The van der Waals surface area contributed by atoms with Crippen LogP contribution in [0.5, 0.6) is 0 Å². The van der Waals surface area contributed by atoms with Crippen LogP contribution in [-0.4, -0.2) is 32.7 Å². The Morgan fingerprint density at radius 1 is 1.25 bits per heavy atom. The van der Waals surface area contributed by atoms with Gasteiger partial charge >= 0.3 is 0 Å². The van der Waals surface area contributed by atoms with Crippen molar-refractivity contribution in [1.29, 1.82) is 0 Å². The van der Waals surface area contributed by atoms with E-state index in [2.05, 4.69) is 0 Å². The average molecular weight is 294 g/mol. The van der Waals surface area contributed by atoms with E-state index in [1.165, 1.54) is 32.5 Å². The minimum Gasteiger partial charge on any atom is -0.459 e. The predicted octanol–water partition coefficient (Wildman–Crippen LogP) is 1.30. The van der Waals surface area contributed by atoms with E-state index in [9.17, 15) is 13.2 Å². The summed E-state index contributed by atoms with van der Waals surface area (Å²) in [5.41, 5.74) is 6.23. The first kappa shape index (κ1) is 14.3. The molecule has 1 aromatic heterocycles. The standard InChI is InChI=1S/C13H14N2O4S/c1-15(2)20(17,18)10-5-3-4-9(8-10)11-6-7-19-12(11)13(14)16/h3-8H,1-2H3,(H2,14,16). The number of amides is 1. The molecule has 2 rings (SSSR count). The number of hydrogen-bond acceptors (Lipinski definition) is 4. The highest BCUT2D eigenvalue weighted by molar-refractivity contribution is 7.89. The van der Waals surface area contributed by atoms with Gasteiger partial charge in [0.25, 0.3) is 5.91 Å². The third-order valence-corrected chi connectivity index (χ3v) is 4.62. The molecule has 0 fully saturated rings. The Kier molecular flexibility index (Phi) is 3.65. The predicted molar refractivity (Wildman–Crippen MR) is 73.5 cm³/mol. The molecule has 0 atom stereocenters. The highest BCUT2D eigenvalue weighted by Crippen LogP contribution is 2.27. The van der Waals surface area contributed by atoms with Crippen LogP contribution in [0.3, 0.4) is 0 Å². The number of nitrogens with zero attached hydrogens (tertiary/aromatic N) is 1. The number of sulfonamides is 1. The van der Waals surface area contributed by atoms with Crippen LogP contribution < -0.4 is 5.73 Å². The van der Waals surface area contributed by atoms with Crippen molar-refractivity contribution in [2.45, 2.75) is 4.90 Å². The number of rotatable bonds is 4. The van der Waals surface area contributed by atoms with Crippen molar-refractivity contribution in [1.82, 2.24) is 4.31 Å². The maximum Gasteiger partial charge on any atom is 0.285 e. The van der Waals surface area contributed by atoms with Gasteiger partial charge in [0.15, 0.2) is 5.76 Å². The van der Waals surface area contributed by atoms with Gasteiger partial charge in [-0.3, -0.25) is 4.79 Å². The number of nitrogens with two attached hydrogens (primary N) is 1. The van der Waals surface area contributed by atoms with Crippen molar-refractivity contribution >= 4 is 15.9 Å². The molecule has 2 N–H and O–H groups in total. The molecule has 2 aromatic rings. The lowest BCUT2D eigenvalue weighted by Gasteiger charge is -2.12. The molecule has 0 spiro atoms. The van der Waals surface area contributed by atoms with E-state index in [4.69, 9.17) is 10.2 Å². The van der Waals surface area contributed by atoms with E-state index in [1.807, 2.05) is 0 Å². The number of carbonyl (C=O) groups excluding carboxylic acids is 1. The highest BCUT2D eigenvalue weighted by Gasteiger charge is 2.19. The van der Waals surface area contributed by atoms with E-state index in [0.29, 0.717) is 11.1 Å². The van der Waals surface area contributed by atoms with Crippen LogP contribution in [0.15, 0.2) is 45.9 Å². The molecular formula is C13H14N2O4S. The van der Waals surface area contributed by atoms with Crippen molar-refractivity contribution in [3.05, 3.63) is 42.4 Å². The number of carbonyl (C=O) groups is 1. The van der Waals surface area contributed by atoms with Crippen molar-refractivity contribution in [2.75, 3.05) is 14.1 Å². The van der Waals surface area contributed by atoms with Crippen LogP contribution in [-0.2, 0) is 10.0 Å². The van der Waals surface area contributed by atoms with Crippen molar-refractivity contribution in [3.8, 4) is 11.1 Å². The molecule has 0 aliphatic rings. The number of primary amides is 1. The SMILES string of the molecule is CN(C)S(=O)(=O)c1cccc(-c2ccoc2C(N)=O)c1. The fourth-order valence-electron chi connectivity index (χ4n) is 1.76. The van der Waals surface area contributed by atoms with Crippen LogP contribution in [0, 0.1) is 0 Å². The minimum atomic E-state index is -3.54. The van der Waals surface area contributed by atoms with E-state index >= 15 is 0 Å². The summed E-state index contributed by atoms with van der Waals surface area (Å²) in [6, 6.07) is 7.83. The second kappa shape index (κ2) is 5.10. The van der Waals surface area contributed by atoms with E-state index in [0.717, 1.165) is 4.31 Å². The molecule has 1 heterocycles. The molecule has 1 amide bonds. The van der Waals surface area contributed by atoms with E-state index < -0.39 is 15.9 Å². The Hall–Kier alpha value is -2.12. The summed E-state index contributed by atoms with van der Waals surface area (Å²) in [5.74, 6) is -0.699. The lowest BCUT2D eigenvalue weighted by Crippen LogP contribution is -2.22. The monoisotopic (exact) mass is 294 g/mol. The quantitative estimate of drug-likeness (QED) is 0.919. The molecule has 106 valence electrons. The van der Waals surface area contributed by atoms with Gasteiger partial charge < -0.3 is 10.2 Å². The normalized spacial score (nSPS) is 11.8. The summed E-state index contributed by atoms with van der Waals surface area (Å²) in [7, 11) is -0.631. The lowest BCUT2D eigenvalue weighted by atomic mass is 10.1. The molecule has 0 aliphatic carbocycles. The molecule has 0 bridgehead atoms. The Bertz CT molecular complexity index is 747. The first-order chi connectivity index (χ1) is 9.34. The summed E-state index contributed by atoms with van der Waals surface area (Å²) in [6.07, 6.45) is 1.34. The van der Waals surface area contributed by atoms with Gasteiger partial charge in [-0.1, -0.05) is 12.1 Å². The summed E-state index contributed by atoms with van der Waals surface area (Å²) >= 11 is 0. The Balaban J connectivity index is 2.56. The average Bonchev–Trinajstić information content (AvgIpc) is 2.88. The molecule has 7 heteroatoms. The molecule has 6 nitrogen and oxygen atoms in total. The van der Waals surface area contributed by atoms with Gasteiger partial charge in [0.1, 0.15) is 0 Å². The zero-order valence-corrected chi connectivity index (χ0v) is 11.8. The fraction of sp³-hybridized carbons (Fsp3) is 0.154. The second-order valence-electron chi connectivity index (χ2n) is 4.34. The number of furan rings is 1. The second-order valence-corrected chi connectivity index (χ2v) is 6.49. The fourth-order valence-corrected chi connectivity index (χ4v) is 2.71. The van der Waals surface area contributed by atoms with Crippen LogP contribution in [0.4, 0.5) is 0 Å². The van der Waals surface area contributed by atoms with Gasteiger partial charge in [0.2, 0.25) is 10.0 Å². The smallest absolute Gasteiger partial charge is 0.285 e. The Morgan fingerprint density at radius 2 is 1.95 bits per heavy atom. The van der Waals surface area contributed by atoms with Crippen LogP contribution in [0.25, 0.3) is 11.1 Å². The molecule has 0 saturated heterocycles. The van der Waals surface area contributed by atoms with Crippen molar-refractivity contribution in [3.63, 3.8) is 0 Å². The first-order valence-corrected chi connectivity index (χ1v) is 7.18. The van der Waals surface area contributed by atoms with Crippen molar-refractivity contribution in [2.24, 2.45) is 5.73 Å². The summed E-state index contributed by atoms with van der Waals surface area (Å²) < 4.78 is 30.3. The van der Waals surface area contributed by atoms with Gasteiger partial charge in [-0.2, -0.15) is 0 Å². The van der Waals surface area contributed by atoms with E-state index in [1.54, 1.807) is 18.2 Å². The molecule has 0 radical (unpaired) electrons. The Labute approximate surface area is 116 Å². The number of benzene rings is 1. The maximum atomic E-state index is 12.1. The van der Waals surface area contributed by atoms with Crippen LogP contribution in [0.1, 0.15) is 10.6 Å². The van der Waals surface area contributed by atoms with E-state index in [-0.39, 0.29) is 10.7 Å². The first-order valence-electron chi connectivity index (χ1n) is 5.74. The van der Waals surface area contributed by atoms with Gasteiger partial charge in [0, 0.05) is 19.7 Å². The largest absolute Gasteiger partial charge is 0.459 e. The maximum absolute atomic E-state index is 12.1. The van der Waals surface area contributed by atoms with Crippen LogP contribution >= 0.6 is 0 Å². The Morgan fingerprint density at radius 3 is 2.55 bits per heavy atom. The molecular weight excluding hydrogens is 280 g/mol. The minimum absolute atomic E-state index is 0.00408. The highest BCUT2D eigenvalue weighted by atomic mass is 32.2. The topological polar surface area (TPSA) is 93.6 Å². The molecule has 0 saturated carbocycles.